The number of piperazine rings is 2. The van der Waals surface area contributed by atoms with Gasteiger partial charge < -0.3 is 39.4 Å². The van der Waals surface area contributed by atoms with Gasteiger partial charge in [0.15, 0.2) is 0 Å². The number of carbonyl (C=O) groups excluding carboxylic acids is 2. The fourth-order valence-electron chi connectivity index (χ4n) is 9.39. The Hall–Kier alpha value is -5.69. The maximum Gasteiger partial charge on any atom is 0.260 e. The number of nitrogens with one attached hydrogen (secondary N) is 2. The van der Waals surface area contributed by atoms with Crippen molar-refractivity contribution in [3.63, 3.8) is 0 Å². The van der Waals surface area contributed by atoms with E-state index < -0.39 is 0 Å². The van der Waals surface area contributed by atoms with Crippen LogP contribution in [0.3, 0.4) is 0 Å². The summed E-state index contributed by atoms with van der Waals surface area (Å²) in [4.78, 5) is 78.1. The fraction of sp³-hybridized carbons (Fsp3) is 0.434. The van der Waals surface area contributed by atoms with E-state index in [4.69, 9.17) is 65.4 Å². The number of hydrogen-bond donors (Lipinski definition) is 2. The summed E-state index contributed by atoms with van der Waals surface area (Å²) in [7, 11) is 9.39. The number of ether oxygens (including phenoxy) is 4. The molecule has 6 heterocycles. The molecule has 2 aromatic carbocycles. The number of pyridine rings is 2. The molecule has 420 valence electrons. The molecule has 0 aliphatic carbocycles. The first kappa shape index (κ1) is 61.5. The zero-order valence-corrected chi connectivity index (χ0v) is 50.1. The molecule has 8 rings (SSSR count). The smallest absolute Gasteiger partial charge is 0.260 e. The minimum atomic E-state index is -0.293. The molecule has 2 N–H and O–H groups in total. The Morgan fingerprint density at radius 2 is 0.974 bits per heavy atom. The van der Waals surface area contributed by atoms with Gasteiger partial charge >= 0.3 is 0 Å². The second-order valence-corrected chi connectivity index (χ2v) is 19.6. The Balaban J connectivity index is 0.000000249. The minimum Gasteiger partial charge on any atom is -0.495 e. The summed E-state index contributed by atoms with van der Waals surface area (Å²) in [6, 6.07) is 6.56. The van der Waals surface area contributed by atoms with Crippen LogP contribution in [0, 0.1) is 0 Å². The fourth-order valence-corrected chi connectivity index (χ4v) is 10.8. The SMILES string of the molecule is C=CC(=O)N1CCN(CCCn2c(=O)c(-c3c(Cl)c(OC)cc(OC)c3Cl)cc3cnc(NC)nc32)CC1.CCCC(=O)N1CCN(CCCn2c(=O)c(-c3c(Cl)c(OC)cc(OC)c3Cl)cc3cnc(NC)nc32)CC1.I. The van der Waals surface area contributed by atoms with Crippen LogP contribution in [-0.4, -0.2) is 168 Å². The van der Waals surface area contributed by atoms with Crippen molar-refractivity contribution in [1.82, 2.24) is 48.7 Å². The molecule has 25 heteroatoms. The van der Waals surface area contributed by atoms with Crippen molar-refractivity contribution in [2.45, 2.75) is 45.7 Å². The topological polar surface area (TPSA) is 204 Å². The summed E-state index contributed by atoms with van der Waals surface area (Å²) < 4.78 is 24.9. The minimum absolute atomic E-state index is 0. The Labute approximate surface area is 489 Å². The first-order valence-corrected chi connectivity index (χ1v) is 26.7. The predicted molar refractivity (Wildman–Crippen MR) is 320 cm³/mol. The van der Waals surface area contributed by atoms with Crippen LogP contribution in [0.2, 0.25) is 20.1 Å². The van der Waals surface area contributed by atoms with Gasteiger partial charge in [-0.05, 0) is 50.6 Å². The largest absolute Gasteiger partial charge is 0.495 e. The summed E-state index contributed by atoms with van der Waals surface area (Å²) in [6.45, 7) is 13.8. The van der Waals surface area contributed by atoms with E-state index >= 15 is 0 Å². The maximum atomic E-state index is 14.0. The Kier molecular flexibility index (Phi) is 22.4. The van der Waals surface area contributed by atoms with Gasteiger partial charge in [0.25, 0.3) is 11.1 Å². The van der Waals surface area contributed by atoms with Crippen LogP contribution >= 0.6 is 70.4 Å². The third-order valence-corrected chi connectivity index (χ3v) is 15.0. The molecule has 0 bridgehead atoms. The van der Waals surface area contributed by atoms with Crippen LogP contribution in [-0.2, 0) is 22.7 Å². The van der Waals surface area contributed by atoms with E-state index in [2.05, 4.69) is 46.9 Å². The highest BCUT2D eigenvalue weighted by atomic mass is 127. The molecule has 20 nitrogen and oxygen atoms in total. The number of amides is 2. The molecule has 4 aromatic heterocycles. The second-order valence-electron chi connectivity index (χ2n) is 18.1. The highest BCUT2D eigenvalue weighted by Crippen LogP contribution is 2.47. The van der Waals surface area contributed by atoms with Crippen molar-refractivity contribution in [3.05, 3.63) is 90.1 Å². The Bertz CT molecular complexity index is 3200. The molecule has 0 spiro atoms. The van der Waals surface area contributed by atoms with Crippen molar-refractivity contribution in [3.8, 4) is 45.3 Å². The van der Waals surface area contributed by atoms with Gasteiger partial charge in [-0.25, -0.2) is 9.97 Å². The quantitative estimate of drug-likeness (QED) is 0.0578. The van der Waals surface area contributed by atoms with Crippen molar-refractivity contribution >= 4 is 116 Å². The summed E-state index contributed by atoms with van der Waals surface area (Å²) in [6.07, 6.45) is 7.52. The lowest BCUT2D eigenvalue weighted by atomic mass is 10.0. The summed E-state index contributed by atoms with van der Waals surface area (Å²) in [5.41, 5.74) is 1.70. The van der Waals surface area contributed by atoms with E-state index in [1.807, 2.05) is 11.8 Å². The molecular weight excluding hydrogens is 1200 g/mol. The van der Waals surface area contributed by atoms with E-state index in [-0.39, 0.29) is 67.0 Å². The van der Waals surface area contributed by atoms with E-state index in [0.29, 0.717) is 125 Å². The van der Waals surface area contributed by atoms with E-state index in [1.54, 1.807) is 64.8 Å². The highest BCUT2D eigenvalue weighted by molar-refractivity contribution is 14.0. The van der Waals surface area contributed by atoms with Crippen molar-refractivity contribution < 1.29 is 28.5 Å². The molecule has 78 heavy (non-hydrogen) atoms. The van der Waals surface area contributed by atoms with Gasteiger partial charge in [-0.2, -0.15) is 9.97 Å². The number of nitrogens with zero attached hydrogens (tertiary/aromatic N) is 10. The van der Waals surface area contributed by atoms with Gasteiger partial charge in [0.05, 0.1) is 59.7 Å². The number of fused-ring (bicyclic) bond motifs is 2. The van der Waals surface area contributed by atoms with Crippen molar-refractivity contribution in [2.75, 3.05) is 119 Å². The molecule has 0 saturated carbocycles. The van der Waals surface area contributed by atoms with Gasteiger partial charge in [0, 0.05) is 132 Å². The predicted octanol–water partition coefficient (Wildman–Crippen LogP) is 8.32. The molecule has 0 atom stereocenters. The summed E-state index contributed by atoms with van der Waals surface area (Å²) in [5.74, 6) is 2.35. The average Bonchev–Trinajstić information content (AvgIpc) is 3.45. The van der Waals surface area contributed by atoms with Crippen LogP contribution in [0.15, 0.2) is 58.9 Å². The Morgan fingerprint density at radius 1 is 0.603 bits per heavy atom. The number of aromatic nitrogens is 6. The first-order chi connectivity index (χ1) is 37.1. The monoisotopic (exact) mass is 1260 g/mol. The third-order valence-electron chi connectivity index (χ3n) is 13.5. The zero-order chi connectivity index (χ0) is 55.5. The lowest BCUT2D eigenvalue weighted by Crippen LogP contribution is -2.48. The van der Waals surface area contributed by atoms with Crippen LogP contribution in [0.1, 0.15) is 32.6 Å². The third kappa shape index (κ3) is 13.6. The van der Waals surface area contributed by atoms with Crippen LogP contribution in [0.25, 0.3) is 44.3 Å². The van der Waals surface area contributed by atoms with Gasteiger partial charge in [-0.3, -0.25) is 38.1 Å². The molecule has 2 fully saturated rings. The lowest BCUT2D eigenvalue weighted by Gasteiger charge is -2.34. The molecule has 0 radical (unpaired) electrons. The molecule has 2 amide bonds. The number of benzene rings is 2. The molecule has 2 aliphatic heterocycles. The lowest BCUT2D eigenvalue weighted by molar-refractivity contribution is -0.133. The van der Waals surface area contributed by atoms with Crippen molar-refractivity contribution in [2.24, 2.45) is 0 Å². The molecule has 6 aromatic rings. The molecule has 0 unspecified atom stereocenters. The number of halogens is 5. The van der Waals surface area contributed by atoms with E-state index in [1.165, 1.54) is 34.5 Å². The maximum absolute atomic E-state index is 14.0. The second kappa shape index (κ2) is 28.5. The van der Waals surface area contributed by atoms with Crippen LogP contribution < -0.4 is 40.7 Å². The van der Waals surface area contributed by atoms with Gasteiger partial charge in [0.2, 0.25) is 23.7 Å². The van der Waals surface area contributed by atoms with Gasteiger partial charge in [-0.15, -0.1) is 24.0 Å². The summed E-state index contributed by atoms with van der Waals surface area (Å²) >= 11 is 26.7. The van der Waals surface area contributed by atoms with Gasteiger partial charge in [-0.1, -0.05) is 59.9 Å². The summed E-state index contributed by atoms with van der Waals surface area (Å²) in [5, 5.41) is 8.04. The van der Waals surface area contributed by atoms with Crippen molar-refractivity contribution in [1.29, 1.82) is 0 Å². The van der Waals surface area contributed by atoms with E-state index in [9.17, 15) is 19.2 Å². The molecule has 2 saturated heterocycles. The number of aryl methyl sites for hydroxylation is 2. The number of carbonyl (C=O) groups is 2. The zero-order valence-electron chi connectivity index (χ0n) is 44.7. The molecule has 2 aliphatic rings. The standard InChI is InChI=1S/C27H34Cl2N6O4.C26H30Cl2N6O4.HI/c1-5-7-21(36)34-12-10-33(11-13-34)8-6-9-35-25-17(16-31-27(30-2)32-25)14-18(26(35)37)22-23(28)19(38-3)15-20(39-4)24(22)29;1-5-20(35)33-11-9-32(10-12-33)7-6-8-34-24-16(15-30-26(29-2)31-24)13-17(25(34)36)21-22(27)18(37-3)14-19(38-4)23(21)28;/h14-16H,5-13H2,1-4H3,(H,30,31,32);5,13-15H,1,6-12H2,2-4H3,(H,29,30,31);1H. The van der Waals surface area contributed by atoms with Crippen LogP contribution in [0.5, 0.6) is 23.0 Å². The normalized spacial score (nSPS) is 13.8. The number of methoxy groups -OCH3 is 4. The Morgan fingerprint density at radius 3 is 1.31 bits per heavy atom. The average molecular weight is 1270 g/mol. The number of hydrogen-bond acceptors (Lipinski definition) is 16. The number of anilines is 2. The first-order valence-electron chi connectivity index (χ1n) is 25.2. The molecular formula is C53H65Cl4IN12O8. The highest BCUT2D eigenvalue weighted by Gasteiger charge is 2.27. The van der Waals surface area contributed by atoms with Crippen LogP contribution in [0.4, 0.5) is 11.9 Å². The van der Waals surface area contributed by atoms with Gasteiger partial charge in [0.1, 0.15) is 34.3 Å². The number of rotatable bonds is 19. The van der Waals surface area contributed by atoms with E-state index in [0.717, 1.165) is 58.8 Å².